The summed E-state index contributed by atoms with van der Waals surface area (Å²) in [6.45, 7) is 2.30. The van der Waals surface area contributed by atoms with Crippen LogP contribution in [0.2, 0.25) is 5.02 Å². The Hall–Kier alpha value is -3.23. The monoisotopic (exact) mass is 462 g/mol. The van der Waals surface area contributed by atoms with Crippen LogP contribution in [0.25, 0.3) is 10.9 Å². The first-order chi connectivity index (χ1) is 15.5. The van der Waals surface area contributed by atoms with Crippen molar-refractivity contribution in [1.82, 2.24) is 15.3 Å². The maximum atomic E-state index is 13.2. The van der Waals surface area contributed by atoms with Crippen LogP contribution in [0.15, 0.2) is 60.9 Å². The van der Waals surface area contributed by atoms with E-state index in [2.05, 4.69) is 21.4 Å². The van der Waals surface area contributed by atoms with Gasteiger partial charge in [0.2, 0.25) is 0 Å². The zero-order chi connectivity index (χ0) is 22.7. The minimum absolute atomic E-state index is 0.248. The van der Waals surface area contributed by atoms with E-state index in [0.717, 1.165) is 32.6 Å². The molecule has 2 heterocycles. The number of benzene rings is 2. The largest absolute Gasteiger partial charge is 0.353 e. The lowest BCUT2D eigenvalue weighted by molar-refractivity contribution is 0.0948. The number of nitriles is 1. The van der Waals surface area contributed by atoms with Gasteiger partial charge >= 0.3 is 0 Å². The molecule has 0 bridgehead atoms. The first-order valence-corrected chi connectivity index (χ1v) is 11.5. The number of aryl methyl sites for hydroxylation is 1. The molecule has 2 N–H and O–H groups in total. The molecule has 4 rings (SSSR count). The lowest BCUT2D eigenvalue weighted by Crippen LogP contribution is -2.29. The third kappa shape index (κ3) is 4.51. The average Bonchev–Trinajstić information content (AvgIpc) is 3.17. The molecule has 0 saturated heterocycles. The molecule has 4 aromatic rings. The summed E-state index contributed by atoms with van der Waals surface area (Å²) in [7, 11) is 0.221. The van der Waals surface area contributed by atoms with Crippen LogP contribution in [0, 0.1) is 18.3 Å². The fourth-order valence-corrected chi connectivity index (χ4v) is 5.73. The summed E-state index contributed by atoms with van der Waals surface area (Å²) in [6.07, 6.45) is 3.37. The molecule has 1 amide bonds. The molecule has 0 aliphatic rings. The molecule has 0 spiro atoms. The zero-order valence-corrected chi connectivity index (χ0v) is 19.2. The highest BCUT2D eigenvalue weighted by Gasteiger charge is 2.27. The summed E-state index contributed by atoms with van der Waals surface area (Å²) in [5.41, 5.74) is 3.65. The van der Waals surface area contributed by atoms with Crippen LogP contribution in [0.3, 0.4) is 0 Å². The number of aromatic nitrogens is 2. The number of pyridine rings is 1. The first-order valence-electron chi connectivity index (χ1n) is 9.84. The van der Waals surface area contributed by atoms with Crippen LogP contribution in [-0.4, -0.2) is 23.0 Å². The summed E-state index contributed by atoms with van der Waals surface area (Å²) in [5.74, 6) is -0.248. The number of nitrogens with zero attached hydrogens (tertiary/aromatic N) is 2. The Morgan fingerprint density at radius 3 is 2.72 bits per heavy atom. The van der Waals surface area contributed by atoms with E-state index in [-0.39, 0.29) is 5.91 Å². The van der Waals surface area contributed by atoms with E-state index in [4.69, 9.17) is 16.1 Å². The fourth-order valence-electron chi connectivity index (χ4n) is 3.57. The highest BCUT2D eigenvalue weighted by atomic mass is 35.5. The van der Waals surface area contributed by atoms with Crippen molar-refractivity contribution < 1.29 is 9.32 Å². The van der Waals surface area contributed by atoms with Crippen molar-refractivity contribution in [2.45, 2.75) is 13.5 Å². The van der Waals surface area contributed by atoms with E-state index in [1.807, 2.05) is 49.4 Å². The molecular weight excluding hydrogens is 443 g/mol. The number of fused-ring (bicyclic) bond motifs is 1. The highest BCUT2D eigenvalue weighted by Crippen LogP contribution is 2.39. The van der Waals surface area contributed by atoms with Crippen molar-refractivity contribution in [1.29, 1.82) is 5.26 Å². The van der Waals surface area contributed by atoms with Gasteiger partial charge in [0.05, 0.1) is 19.8 Å². The predicted octanol–water partition coefficient (Wildman–Crippen LogP) is 4.32. The summed E-state index contributed by atoms with van der Waals surface area (Å²) < 4.78 is 5.94. The molecule has 2 aromatic heterocycles. The van der Waals surface area contributed by atoms with Crippen molar-refractivity contribution in [3.63, 3.8) is 0 Å². The first kappa shape index (κ1) is 22.0. The lowest BCUT2D eigenvalue weighted by Gasteiger charge is -2.18. The summed E-state index contributed by atoms with van der Waals surface area (Å²) in [6, 6.07) is 17.0. The molecule has 0 aliphatic carbocycles. The SMILES string of the molecule is COP(c1cc(C)cc(C#N)c1)c1c(C(=O)NCc2ccncc2)[nH]c2ccc(Cl)cc12. The molecule has 6 nitrogen and oxygen atoms in total. The molecule has 32 heavy (non-hydrogen) atoms. The number of hydrogen-bond acceptors (Lipinski definition) is 4. The van der Waals surface area contributed by atoms with E-state index in [1.54, 1.807) is 25.6 Å². The minimum atomic E-state index is -1.39. The van der Waals surface area contributed by atoms with E-state index in [1.165, 1.54) is 0 Å². The number of rotatable bonds is 6. The summed E-state index contributed by atoms with van der Waals surface area (Å²) in [5, 5.41) is 15.4. The molecule has 2 aromatic carbocycles. The summed E-state index contributed by atoms with van der Waals surface area (Å²) >= 11 is 6.29. The Morgan fingerprint density at radius 1 is 1.22 bits per heavy atom. The topological polar surface area (TPSA) is 90.8 Å². The van der Waals surface area contributed by atoms with Gasteiger partial charge in [-0.05, 0) is 66.6 Å². The molecule has 8 heteroatoms. The van der Waals surface area contributed by atoms with Gasteiger partial charge in [-0.25, -0.2) is 0 Å². The quantitative estimate of drug-likeness (QED) is 0.417. The third-order valence-corrected chi connectivity index (χ3v) is 7.17. The zero-order valence-electron chi connectivity index (χ0n) is 17.5. The van der Waals surface area contributed by atoms with Crippen LogP contribution < -0.4 is 15.9 Å². The summed E-state index contributed by atoms with van der Waals surface area (Å²) in [4.78, 5) is 20.5. The van der Waals surface area contributed by atoms with Gasteiger partial charge in [0.25, 0.3) is 5.91 Å². The van der Waals surface area contributed by atoms with Crippen LogP contribution in [-0.2, 0) is 11.1 Å². The second-order valence-corrected chi connectivity index (χ2v) is 9.58. The van der Waals surface area contributed by atoms with Crippen LogP contribution in [0.1, 0.15) is 27.2 Å². The molecule has 1 unspecified atom stereocenters. The van der Waals surface area contributed by atoms with E-state index in [9.17, 15) is 10.1 Å². The molecule has 1 atom stereocenters. The maximum absolute atomic E-state index is 13.2. The third-order valence-electron chi connectivity index (χ3n) is 4.97. The number of halogens is 1. The number of carbonyl (C=O) groups excluding carboxylic acids is 1. The second-order valence-electron chi connectivity index (χ2n) is 7.22. The van der Waals surface area contributed by atoms with Gasteiger partial charge in [0.1, 0.15) is 5.69 Å². The van der Waals surface area contributed by atoms with Crippen LogP contribution in [0.5, 0.6) is 0 Å². The van der Waals surface area contributed by atoms with Gasteiger partial charge in [0, 0.05) is 52.6 Å². The van der Waals surface area contributed by atoms with Crippen molar-refractivity contribution >= 4 is 47.2 Å². The number of nitrogens with one attached hydrogen (secondary N) is 2. The molecule has 160 valence electrons. The van der Waals surface area contributed by atoms with Crippen molar-refractivity contribution in [2.75, 3.05) is 7.11 Å². The Morgan fingerprint density at radius 2 is 2.00 bits per heavy atom. The van der Waals surface area contributed by atoms with Gasteiger partial charge in [-0.15, -0.1) is 0 Å². The average molecular weight is 463 g/mol. The number of carbonyl (C=O) groups is 1. The van der Waals surface area contributed by atoms with Gasteiger partial charge in [-0.1, -0.05) is 11.6 Å². The van der Waals surface area contributed by atoms with E-state index >= 15 is 0 Å². The van der Waals surface area contributed by atoms with Crippen LogP contribution >= 0.6 is 19.7 Å². The number of hydrogen-bond donors (Lipinski definition) is 2. The number of aromatic amines is 1. The minimum Gasteiger partial charge on any atom is -0.353 e. The second kappa shape index (κ2) is 9.50. The predicted molar refractivity (Wildman–Crippen MR) is 128 cm³/mol. The maximum Gasteiger partial charge on any atom is 0.268 e. The molecule has 0 aliphatic heterocycles. The highest BCUT2D eigenvalue weighted by molar-refractivity contribution is 7.69. The standard InChI is InChI=1S/C24H20ClN4O2P/c1-15-9-17(13-26)11-19(10-15)32(31-2)23-20-12-18(25)3-4-21(20)29-22(23)24(30)28-14-16-5-7-27-8-6-16/h3-12,29H,14H2,1-2H3,(H,28,30). The van der Waals surface area contributed by atoms with Crippen molar-refractivity contribution in [3.8, 4) is 6.07 Å². The van der Waals surface area contributed by atoms with E-state index < -0.39 is 8.15 Å². The fraction of sp³-hybridized carbons (Fsp3) is 0.125. The van der Waals surface area contributed by atoms with Gasteiger partial charge in [-0.3, -0.25) is 9.78 Å². The van der Waals surface area contributed by atoms with Gasteiger partial charge < -0.3 is 14.8 Å². The normalized spacial score (nSPS) is 11.8. The van der Waals surface area contributed by atoms with Crippen molar-refractivity contribution in [3.05, 3.63) is 88.3 Å². The molecule has 0 radical (unpaired) electrons. The van der Waals surface area contributed by atoms with Crippen LogP contribution in [0.4, 0.5) is 0 Å². The Labute approximate surface area is 192 Å². The van der Waals surface area contributed by atoms with Crippen molar-refractivity contribution in [2.24, 2.45) is 0 Å². The Balaban J connectivity index is 1.81. The Bertz CT molecular complexity index is 1330. The Kier molecular flexibility index (Phi) is 6.53. The van der Waals surface area contributed by atoms with Gasteiger partial charge in [-0.2, -0.15) is 5.26 Å². The number of H-pyrrole nitrogens is 1. The molecule has 0 saturated carbocycles. The molecular formula is C24H20ClN4O2P. The lowest BCUT2D eigenvalue weighted by atomic mass is 10.2. The van der Waals surface area contributed by atoms with Gasteiger partial charge in [0.15, 0.2) is 0 Å². The smallest absolute Gasteiger partial charge is 0.268 e. The van der Waals surface area contributed by atoms with E-state index in [0.29, 0.717) is 22.8 Å². The molecule has 0 fully saturated rings. The number of amides is 1.